The Morgan fingerprint density at radius 2 is 2.19 bits per heavy atom. The molecule has 0 saturated carbocycles. The van der Waals surface area contributed by atoms with Crippen LogP contribution in [-0.4, -0.2) is 37.0 Å². The summed E-state index contributed by atoms with van der Waals surface area (Å²) in [6.45, 7) is 3.38. The first-order valence-corrected chi connectivity index (χ1v) is 5.33. The SMILES string of the molecule is Cc1ccc(C(=O)N(C)C2CNC2)c(F)c1. The van der Waals surface area contributed by atoms with Gasteiger partial charge in [0.1, 0.15) is 5.82 Å². The highest BCUT2D eigenvalue weighted by Gasteiger charge is 2.27. The molecule has 1 fully saturated rings. The zero-order valence-electron chi connectivity index (χ0n) is 9.46. The Labute approximate surface area is 94.3 Å². The van der Waals surface area contributed by atoms with Gasteiger partial charge >= 0.3 is 0 Å². The van der Waals surface area contributed by atoms with Crippen LogP contribution in [0.2, 0.25) is 0 Å². The number of carbonyl (C=O) groups excluding carboxylic acids is 1. The number of nitrogens with one attached hydrogen (secondary N) is 1. The van der Waals surface area contributed by atoms with Crippen LogP contribution in [0.15, 0.2) is 18.2 Å². The molecule has 0 bridgehead atoms. The molecule has 1 aliphatic heterocycles. The van der Waals surface area contributed by atoms with Gasteiger partial charge in [-0.1, -0.05) is 6.07 Å². The van der Waals surface area contributed by atoms with Gasteiger partial charge in [0.15, 0.2) is 0 Å². The lowest BCUT2D eigenvalue weighted by Crippen LogP contribution is -2.57. The summed E-state index contributed by atoms with van der Waals surface area (Å²) in [6.07, 6.45) is 0. The highest BCUT2D eigenvalue weighted by molar-refractivity contribution is 5.94. The summed E-state index contributed by atoms with van der Waals surface area (Å²) < 4.78 is 13.6. The van der Waals surface area contributed by atoms with Crippen LogP contribution in [0, 0.1) is 12.7 Å². The van der Waals surface area contributed by atoms with Crippen LogP contribution in [0.25, 0.3) is 0 Å². The second-order valence-corrected chi connectivity index (χ2v) is 4.21. The van der Waals surface area contributed by atoms with Gasteiger partial charge in [0, 0.05) is 20.1 Å². The number of rotatable bonds is 2. The number of halogens is 1. The first kappa shape index (κ1) is 11.1. The molecule has 1 heterocycles. The predicted octanol–water partition coefficient (Wildman–Crippen LogP) is 1.18. The molecule has 0 radical (unpaired) electrons. The summed E-state index contributed by atoms with van der Waals surface area (Å²) in [6, 6.07) is 4.88. The number of aryl methyl sites for hydroxylation is 1. The van der Waals surface area contributed by atoms with Gasteiger partial charge in [-0.25, -0.2) is 4.39 Å². The standard InChI is InChI=1S/C12H15FN2O/c1-8-3-4-10(11(13)5-8)12(16)15(2)9-6-14-7-9/h3-5,9,14H,6-7H2,1-2H3. The van der Waals surface area contributed by atoms with E-state index in [2.05, 4.69) is 5.32 Å². The molecule has 1 aromatic carbocycles. The fourth-order valence-corrected chi connectivity index (χ4v) is 1.70. The molecule has 3 nitrogen and oxygen atoms in total. The van der Waals surface area contributed by atoms with E-state index in [0.717, 1.165) is 18.7 Å². The van der Waals surface area contributed by atoms with E-state index in [-0.39, 0.29) is 17.5 Å². The van der Waals surface area contributed by atoms with Gasteiger partial charge in [-0.05, 0) is 24.6 Å². The normalized spacial score (nSPS) is 15.7. The third-order valence-corrected chi connectivity index (χ3v) is 2.98. The van der Waals surface area contributed by atoms with E-state index in [1.54, 1.807) is 31.0 Å². The van der Waals surface area contributed by atoms with Crippen molar-refractivity contribution >= 4 is 5.91 Å². The van der Waals surface area contributed by atoms with Crippen LogP contribution < -0.4 is 5.32 Å². The zero-order chi connectivity index (χ0) is 11.7. The molecule has 2 rings (SSSR count). The number of hydrogen-bond acceptors (Lipinski definition) is 2. The number of carbonyl (C=O) groups is 1. The summed E-state index contributed by atoms with van der Waals surface area (Å²) in [5.74, 6) is -0.687. The fourth-order valence-electron chi connectivity index (χ4n) is 1.70. The summed E-state index contributed by atoms with van der Waals surface area (Å²) in [5, 5.41) is 3.08. The largest absolute Gasteiger partial charge is 0.336 e. The van der Waals surface area contributed by atoms with Crippen molar-refractivity contribution in [2.24, 2.45) is 0 Å². The van der Waals surface area contributed by atoms with Gasteiger partial charge < -0.3 is 10.2 Å². The molecular formula is C12H15FN2O. The van der Waals surface area contributed by atoms with E-state index in [1.165, 1.54) is 6.07 Å². The molecule has 16 heavy (non-hydrogen) atoms. The van der Waals surface area contributed by atoms with E-state index < -0.39 is 5.82 Å². The minimum Gasteiger partial charge on any atom is -0.336 e. The van der Waals surface area contributed by atoms with E-state index >= 15 is 0 Å². The second-order valence-electron chi connectivity index (χ2n) is 4.21. The molecule has 1 amide bonds. The van der Waals surface area contributed by atoms with Crippen molar-refractivity contribution < 1.29 is 9.18 Å². The highest BCUT2D eigenvalue weighted by atomic mass is 19.1. The molecular weight excluding hydrogens is 207 g/mol. The topological polar surface area (TPSA) is 32.3 Å². The van der Waals surface area contributed by atoms with Crippen molar-refractivity contribution in [2.75, 3.05) is 20.1 Å². The quantitative estimate of drug-likeness (QED) is 0.815. The average molecular weight is 222 g/mol. The van der Waals surface area contributed by atoms with Crippen molar-refractivity contribution in [1.82, 2.24) is 10.2 Å². The Hall–Kier alpha value is -1.42. The van der Waals surface area contributed by atoms with Crippen LogP contribution in [0.1, 0.15) is 15.9 Å². The molecule has 1 N–H and O–H groups in total. The summed E-state index contributed by atoms with van der Waals surface area (Å²) in [5.41, 5.74) is 0.974. The molecule has 86 valence electrons. The summed E-state index contributed by atoms with van der Waals surface area (Å²) >= 11 is 0. The van der Waals surface area contributed by atoms with Crippen LogP contribution in [0.5, 0.6) is 0 Å². The van der Waals surface area contributed by atoms with Gasteiger partial charge in [-0.3, -0.25) is 4.79 Å². The van der Waals surface area contributed by atoms with E-state index in [0.29, 0.717) is 0 Å². The van der Waals surface area contributed by atoms with Crippen LogP contribution in [-0.2, 0) is 0 Å². The molecule has 4 heteroatoms. The lowest BCUT2D eigenvalue weighted by atomic mass is 10.1. The fraction of sp³-hybridized carbons (Fsp3) is 0.417. The van der Waals surface area contributed by atoms with Crippen molar-refractivity contribution in [3.63, 3.8) is 0 Å². The lowest BCUT2D eigenvalue weighted by Gasteiger charge is -2.35. The summed E-state index contributed by atoms with van der Waals surface area (Å²) in [7, 11) is 1.72. The van der Waals surface area contributed by atoms with Crippen molar-refractivity contribution in [2.45, 2.75) is 13.0 Å². The number of benzene rings is 1. The maximum atomic E-state index is 13.6. The maximum Gasteiger partial charge on any atom is 0.256 e. The minimum atomic E-state index is -0.441. The van der Waals surface area contributed by atoms with Gasteiger partial charge in [-0.2, -0.15) is 0 Å². The Kier molecular flexibility index (Phi) is 2.92. The zero-order valence-corrected chi connectivity index (χ0v) is 9.46. The Bertz CT molecular complexity index is 415. The number of likely N-dealkylation sites (N-methyl/N-ethyl adjacent to an activating group) is 1. The van der Waals surface area contributed by atoms with Crippen LogP contribution in [0.4, 0.5) is 4.39 Å². The Morgan fingerprint density at radius 3 is 2.69 bits per heavy atom. The molecule has 1 aromatic rings. The third-order valence-electron chi connectivity index (χ3n) is 2.98. The van der Waals surface area contributed by atoms with Crippen molar-refractivity contribution in [3.05, 3.63) is 35.1 Å². The molecule has 0 spiro atoms. The van der Waals surface area contributed by atoms with Gasteiger partial charge in [0.05, 0.1) is 11.6 Å². The van der Waals surface area contributed by atoms with Gasteiger partial charge in [0.2, 0.25) is 0 Å². The number of nitrogens with zero attached hydrogens (tertiary/aromatic N) is 1. The summed E-state index contributed by atoms with van der Waals surface area (Å²) in [4.78, 5) is 13.6. The minimum absolute atomic E-state index is 0.153. The van der Waals surface area contributed by atoms with E-state index in [1.807, 2.05) is 0 Å². The van der Waals surface area contributed by atoms with E-state index in [4.69, 9.17) is 0 Å². The average Bonchev–Trinajstić information content (AvgIpc) is 2.14. The first-order valence-electron chi connectivity index (χ1n) is 5.33. The second kappa shape index (κ2) is 4.22. The third kappa shape index (κ3) is 1.93. The van der Waals surface area contributed by atoms with Crippen LogP contribution >= 0.6 is 0 Å². The van der Waals surface area contributed by atoms with Crippen molar-refractivity contribution in [3.8, 4) is 0 Å². The molecule has 1 aliphatic rings. The Balaban J connectivity index is 2.19. The maximum absolute atomic E-state index is 13.6. The molecule has 0 aromatic heterocycles. The lowest BCUT2D eigenvalue weighted by molar-refractivity contribution is 0.0676. The number of amides is 1. The predicted molar refractivity (Wildman–Crippen MR) is 59.9 cm³/mol. The van der Waals surface area contributed by atoms with Gasteiger partial charge in [-0.15, -0.1) is 0 Å². The van der Waals surface area contributed by atoms with Gasteiger partial charge in [0.25, 0.3) is 5.91 Å². The molecule has 1 saturated heterocycles. The number of hydrogen-bond donors (Lipinski definition) is 1. The smallest absolute Gasteiger partial charge is 0.256 e. The first-order chi connectivity index (χ1) is 7.59. The Morgan fingerprint density at radius 1 is 1.50 bits per heavy atom. The molecule has 0 unspecified atom stereocenters. The van der Waals surface area contributed by atoms with Crippen LogP contribution in [0.3, 0.4) is 0 Å². The van der Waals surface area contributed by atoms with Crippen molar-refractivity contribution in [1.29, 1.82) is 0 Å². The molecule has 0 atom stereocenters. The van der Waals surface area contributed by atoms with E-state index in [9.17, 15) is 9.18 Å². The monoisotopic (exact) mass is 222 g/mol. The highest BCUT2D eigenvalue weighted by Crippen LogP contribution is 2.14. The molecule has 0 aliphatic carbocycles.